The SMILES string of the molecule is c1ccc(N2B3N(c4ccc(-c5ccc6oc7ccccc7c6c5)cc4-c4nccn43)c3ccccc32)cc1. The summed E-state index contributed by atoms with van der Waals surface area (Å²) in [4.78, 5) is 9.69. The van der Waals surface area contributed by atoms with E-state index in [-0.39, 0.29) is 7.12 Å². The van der Waals surface area contributed by atoms with Crippen LogP contribution in [0.1, 0.15) is 0 Å². The van der Waals surface area contributed by atoms with Crippen molar-refractivity contribution in [3.05, 3.63) is 128 Å². The van der Waals surface area contributed by atoms with Crippen LogP contribution in [-0.4, -0.2) is 16.6 Å². The molecule has 4 heterocycles. The van der Waals surface area contributed by atoms with Gasteiger partial charge in [-0.25, -0.2) is 4.98 Å². The fourth-order valence-electron chi connectivity index (χ4n) is 6.32. The smallest absolute Gasteiger partial charge is 0.456 e. The van der Waals surface area contributed by atoms with Gasteiger partial charge in [0, 0.05) is 40.1 Å². The molecule has 2 aliphatic heterocycles. The van der Waals surface area contributed by atoms with E-state index in [2.05, 4.69) is 123 Å². The molecule has 0 aliphatic carbocycles. The van der Waals surface area contributed by atoms with Crippen LogP contribution in [0.25, 0.3) is 44.5 Å². The molecule has 39 heavy (non-hydrogen) atoms. The molecule has 182 valence electrons. The van der Waals surface area contributed by atoms with Crippen molar-refractivity contribution in [2.24, 2.45) is 0 Å². The second-order valence-electron chi connectivity index (χ2n) is 10.1. The summed E-state index contributed by atoms with van der Waals surface area (Å²) in [7, 11) is -0.0747. The standard InChI is InChI=1S/C33H21BN4O/c1-2-8-24(9-3-1)37-29-11-5-6-12-30(29)38-28-16-14-22(21-27(28)33-35-18-19-36(33)34(37)38)23-15-17-32-26(20-23)25-10-4-7-13-31(25)39-32/h1-21H. The normalized spacial score (nSPS) is 13.5. The molecule has 9 rings (SSSR count). The van der Waals surface area contributed by atoms with Gasteiger partial charge in [0.15, 0.2) is 0 Å². The number of fused-ring (bicyclic) bond motifs is 11. The molecule has 0 bridgehead atoms. The number of furan rings is 1. The molecule has 7 aromatic rings. The fourth-order valence-corrected chi connectivity index (χ4v) is 6.32. The van der Waals surface area contributed by atoms with Crippen LogP contribution < -0.4 is 9.62 Å². The number of imidazole rings is 1. The average molecular weight is 500 g/mol. The number of aromatic nitrogens is 2. The third kappa shape index (κ3) is 2.83. The second kappa shape index (κ2) is 7.65. The lowest BCUT2D eigenvalue weighted by atomic mass is 9.82. The summed E-state index contributed by atoms with van der Waals surface area (Å²) in [6.45, 7) is 0. The van der Waals surface area contributed by atoms with Crippen molar-refractivity contribution in [3.63, 3.8) is 0 Å². The van der Waals surface area contributed by atoms with Gasteiger partial charge in [0.25, 0.3) is 0 Å². The number of anilines is 4. The highest BCUT2D eigenvalue weighted by Crippen LogP contribution is 2.51. The zero-order chi connectivity index (χ0) is 25.5. The van der Waals surface area contributed by atoms with E-state index < -0.39 is 0 Å². The quantitative estimate of drug-likeness (QED) is 0.224. The summed E-state index contributed by atoms with van der Waals surface area (Å²) in [5.41, 5.74) is 9.93. The number of benzene rings is 5. The summed E-state index contributed by atoms with van der Waals surface area (Å²) < 4.78 is 8.36. The van der Waals surface area contributed by atoms with E-state index in [4.69, 9.17) is 9.40 Å². The maximum atomic E-state index is 6.07. The maximum Gasteiger partial charge on any atom is 0.519 e. The molecule has 2 aromatic heterocycles. The second-order valence-corrected chi connectivity index (χ2v) is 10.1. The Hall–Kier alpha value is -5.23. The largest absolute Gasteiger partial charge is 0.519 e. The van der Waals surface area contributed by atoms with Crippen molar-refractivity contribution in [2.45, 2.75) is 0 Å². The first-order valence-electron chi connectivity index (χ1n) is 13.2. The summed E-state index contributed by atoms with van der Waals surface area (Å²) in [6.07, 6.45) is 4.00. The Labute approximate surface area is 225 Å². The molecule has 0 amide bonds. The molecular weight excluding hydrogens is 479 g/mol. The Morgan fingerprint density at radius 1 is 0.590 bits per heavy atom. The first kappa shape index (κ1) is 20.8. The third-order valence-electron chi connectivity index (χ3n) is 8.02. The van der Waals surface area contributed by atoms with Gasteiger partial charge in [-0.3, -0.25) is 0 Å². The molecule has 0 radical (unpaired) electrons. The number of hydrogen-bond donors (Lipinski definition) is 0. The fraction of sp³-hybridized carbons (Fsp3) is 0. The van der Waals surface area contributed by atoms with Crippen LogP contribution in [0.15, 0.2) is 132 Å². The van der Waals surface area contributed by atoms with E-state index in [0.29, 0.717) is 0 Å². The van der Waals surface area contributed by atoms with Crippen molar-refractivity contribution in [3.8, 4) is 22.5 Å². The van der Waals surface area contributed by atoms with Crippen molar-refractivity contribution in [1.29, 1.82) is 0 Å². The van der Waals surface area contributed by atoms with E-state index in [1.807, 2.05) is 18.3 Å². The van der Waals surface area contributed by atoms with Crippen molar-refractivity contribution >= 4 is 51.8 Å². The lowest BCUT2D eigenvalue weighted by Crippen LogP contribution is -2.51. The molecule has 5 nitrogen and oxygen atoms in total. The molecule has 5 aromatic carbocycles. The van der Waals surface area contributed by atoms with Gasteiger partial charge in [-0.1, -0.05) is 60.7 Å². The lowest BCUT2D eigenvalue weighted by Gasteiger charge is -2.35. The summed E-state index contributed by atoms with van der Waals surface area (Å²) in [6, 6.07) is 40.7. The van der Waals surface area contributed by atoms with Gasteiger partial charge < -0.3 is 18.5 Å². The van der Waals surface area contributed by atoms with Gasteiger partial charge in [0.05, 0.1) is 11.4 Å². The van der Waals surface area contributed by atoms with Gasteiger partial charge in [-0.05, 0) is 65.7 Å². The van der Waals surface area contributed by atoms with Gasteiger partial charge >= 0.3 is 7.12 Å². The number of nitrogens with zero attached hydrogens (tertiary/aromatic N) is 4. The Morgan fingerprint density at radius 3 is 2.21 bits per heavy atom. The molecule has 0 atom stereocenters. The molecule has 0 saturated heterocycles. The Balaban J connectivity index is 1.24. The lowest BCUT2D eigenvalue weighted by molar-refractivity contribution is 0.669. The average Bonchev–Trinajstić information content (AvgIpc) is 3.71. The highest BCUT2D eigenvalue weighted by Gasteiger charge is 2.48. The number of rotatable bonds is 2. The molecule has 2 aliphatic rings. The Bertz CT molecular complexity index is 2060. The predicted molar refractivity (Wildman–Crippen MR) is 159 cm³/mol. The summed E-state index contributed by atoms with van der Waals surface area (Å²) in [5.74, 6) is 0.969. The molecule has 0 N–H and O–H groups in total. The topological polar surface area (TPSA) is 37.4 Å². The van der Waals surface area contributed by atoms with Crippen LogP contribution in [-0.2, 0) is 0 Å². The van der Waals surface area contributed by atoms with Crippen LogP contribution in [0.5, 0.6) is 0 Å². The van der Waals surface area contributed by atoms with E-state index in [1.165, 1.54) is 11.4 Å². The number of hydrogen-bond acceptors (Lipinski definition) is 4. The molecular formula is C33H21BN4O. The van der Waals surface area contributed by atoms with E-state index in [0.717, 1.165) is 55.8 Å². The molecule has 0 spiro atoms. The third-order valence-corrected chi connectivity index (χ3v) is 8.02. The monoisotopic (exact) mass is 500 g/mol. The number of para-hydroxylation sites is 4. The van der Waals surface area contributed by atoms with E-state index in [1.54, 1.807) is 0 Å². The zero-order valence-electron chi connectivity index (χ0n) is 20.9. The molecule has 0 unspecified atom stereocenters. The Morgan fingerprint density at radius 2 is 1.31 bits per heavy atom. The highest BCUT2D eigenvalue weighted by atomic mass is 16.3. The van der Waals surface area contributed by atoms with Crippen molar-refractivity contribution in [1.82, 2.24) is 9.46 Å². The van der Waals surface area contributed by atoms with Gasteiger partial charge in [-0.15, -0.1) is 0 Å². The van der Waals surface area contributed by atoms with E-state index in [9.17, 15) is 0 Å². The minimum atomic E-state index is -0.0747. The van der Waals surface area contributed by atoms with E-state index >= 15 is 0 Å². The highest BCUT2D eigenvalue weighted by molar-refractivity contribution is 6.73. The first-order chi connectivity index (χ1) is 19.3. The maximum absolute atomic E-state index is 6.07. The summed E-state index contributed by atoms with van der Waals surface area (Å²) in [5, 5.41) is 2.27. The summed E-state index contributed by atoms with van der Waals surface area (Å²) >= 11 is 0. The Kier molecular flexibility index (Phi) is 4.08. The molecule has 0 saturated carbocycles. The van der Waals surface area contributed by atoms with Crippen molar-refractivity contribution in [2.75, 3.05) is 9.62 Å². The first-order valence-corrected chi connectivity index (χ1v) is 13.2. The van der Waals surface area contributed by atoms with Crippen LogP contribution in [0.4, 0.5) is 22.7 Å². The zero-order valence-corrected chi connectivity index (χ0v) is 20.9. The van der Waals surface area contributed by atoms with Crippen molar-refractivity contribution < 1.29 is 4.42 Å². The molecule has 0 fully saturated rings. The van der Waals surface area contributed by atoms with Gasteiger partial charge in [0.1, 0.15) is 17.0 Å². The van der Waals surface area contributed by atoms with Crippen LogP contribution in [0, 0.1) is 0 Å². The predicted octanol–water partition coefficient (Wildman–Crippen LogP) is 8.25. The van der Waals surface area contributed by atoms with Gasteiger partial charge in [-0.2, -0.15) is 0 Å². The molecule has 6 heteroatoms. The van der Waals surface area contributed by atoms with Gasteiger partial charge in [0.2, 0.25) is 0 Å². The van der Waals surface area contributed by atoms with Crippen LogP contribution in [0.3, 0.4) is 0 Å². The van der Waals surface area contributed by atoms with Crippen LogP contribution in [0.2, 0.25) is 0 Å². The van der Waals surface area contributed by atoms with Crippen LogP contribution >= 0.6 is 0 Å². The minimum Gasteiger partial charge on any atom is -0.456 e. The minimum absolute atomic E-state index is 0.0747.